The maximum Gasteiger partial charge on any atom is 0.339 e. The van der Waals surface area contributed by atoms with Crippen molar-refractivity contribution in [3.8, 4) is 0 Å². The lowest BCUT2D eigenvalue weighted by molar-refractivity contribution is -0.157. The van der Waals surface area contributed by atoms with Gasteiger partial charge in [0.05, 0.1) is 12.3 Å². The van der Waals surface area contributed by atoms with E-state index in [1.165, 1.54) is 0 Å². The van der Waals surface area contributed by atoms with E-state index in [9.17, 15) is 9.59 Å². The van der Waals surface area contributed by atoms with Gasteiger partial charge in [-0.25, -0.2) is 9.59 Å². The number of para-hydroxylation sites is 2. The predicted octanol–water partition coefficient (Wildman–Crippen LogP) is 2.04. The smallest absolute Gasteiger partial charge is 0.317 e. The van der Waals surface area contributed by atoms with E-state index in [0.717, 1.165) is 15.3 Å². The second-order valence-corrected chi connectivity index (χ2v) is 7.37. The summed E-state index contributed by atoms with van der Waals surface area (Å²) in [6.07, 6.45) is 0.0497. The van der Waals surface area contributed by atoms with Crippen LogP contribution in [0.2, 0.25) is 0 Å². The lowest BCUT2D eigenvalue weighted by Gasteiger charge is -2.15. The fourth-order valence-electron chi connectivity index (χ4n) is 3.46. The molecule has 0 fully saturated rings. The molecule has 1 atom stereocenters. The lowest BCUT2D eigenvalue weighted by atomic mass is 9.96. The first-order chi connectivity index (χ1) is 16.2. The van der Waals surface area contributed by atoms with Crippen molar-refractivity contribution >= 4 is 34.0 Å². The number of carbonyl (C=O) groups is 2. The summed E-state index contributed by atoms with van der Waals surface area (Å²) in [7, 11) is 0. The molecule has 0 spiro atoms. The van der Waals surface area contributed by atoms with Gasteiger partial charge in [0.1, 0.15) is 22.1 Å². The molecular weight excluding hydrogens is 424 g/mol. The van der Waals surface area contributed by atoms with Crippen LogP contribution in [-0.2, 0) is 16.0 Å². The van der Waals surface area contributed by atoms with Gasteiger partial charge in [0, 0.05) is 0 Å². The van der Waals surface area contributed by atoms with Crippen LogP contribution in [-0.4, -0.2) is 42.3 Å². The zero-order valence-electron chi connectivity index (χ0n) is 17.3. The minimum absolute atomic E-state index is 0.228. The van der Waals surface area contributed by atoms with Crippen molar-refractivity contribution in [2.45, 2.75) is 12.8 Å². The van der Waals surface area contributed by atoms with Gasteiger partial charge < -0.3 is 9.68 Å². The van der Waals surface area contributed by atoms with Crippen molar-refractivity contribution in [2.75, 3.05) is 0 Å². The third-order valence-electron chi connectivity index (χ3n) is 5.08. The molecule has 3 aromatic carbocycles. The molecule has 164 valence electrons. The first-order valence-corrected chi connectivity index (χ1v) is 10.3. The average Bonchev–Trinajstić information content (AvgIpc) is 3.44. The molecule has 0 aliphatic carbocycles. The van der Waals surface area contributed by atoms with Crippen LogP contribution in [0.4, 0.5) is 0 Å². The number of benzene rings is 3. The number of carbonyl (C=O) groups excluding carboxylic acids is 2. The molecule has 33 heavy (non-hydrogen) atoms. The second kappa shape index (κ2) is 8.87. The highest BCUT2D eigenvalue weighted by Crippen LogP contribution is 2.16. The molecule has 0 aliphatic heterocycles. The molecule has 0 saturated carbocycles. The highest BCUT2D eigenvalue weighted by molar-refractivity contribution is 5.82. The van der Waals surface area contributed by atoms with E-state index in [2.05, 4.69) is 20.6 Å². The monoisotopic (exact) mass is 442 g/mol. The highest BCUT2D eigenvalue weighted by atomic mass is 16.7. The Labute approximate surface area is 187 Å². The van der Waals surface area contributed by atoms with E-state index in [1.54, 1.807) is 36.4 Å². The summed E-state index contributed by atoms with van der Waals surface area (Å²) in [5.41, 5.74) is 3.14. The molecule has 5 aromatic rings. The minimum Gasteiger partial charge on any atom is -0.317 e. The number of fused-ring (bicyclic) bond motifs is 2. The van der Waals surface area contributed by atoms with Gasteiger partial charge in [-0.2, -0.15) is 0 Å². The molecule has 0 N–H and O–H groups in total. The van der Waals surface area contributed by atoms with Gasteiger partial charge in [0.25, 0.3) is 0 Å². The van der Waals surface area contributed by atoms with Gasteiger partial charge in [0.15, 0.2) is 0 Å². The van der Waals surface area contributed by atoms with Crippen molar-refractivity contribution in [3.63, 3.8) is 0 Å². The molecule has 0 aliphatic rings. The van der Waals surface area contributed by atoms with Gasteiger partial charge in [-0.3, -0.25) is 0 Å². The molecule has 5 rings (SSSR count). The number of aromatic nitrogens is 6. The fourth-order valence-corrected chi connectivity index (χ4v) is 3.46. The summed E-state index contributed by atoms with van der Waals surface area (Å²) in [5, 5.41) is 15.7. The highest BCUT2D eigenvalue weighted by Gasteiger charge is 2.27. The van der Waals surface area contributed by atoms with Crippen molar-refractivity contribution in [3.05, 3.63) is 84.4 Å². The quantitative estimate of drug-likeness (QED) is 0.352. The van der Waals surface area contributed by atoms with E-state index in [1.807, 2.05) is 42.5 Å². The number of hydrogen-bond donors (Lipinski definition) is 0. The van der Waals surface area contributed by atoms with Crippen molar-refractivity contribution in [1.29, 1.82) is 0 Å². The second-order valence-electron chi connectivity index (χ2n) is 7.37. The first-order valence-electron chi connectivity index (χ1n) is 10.3. The Balaban J connectivity index is 1.35. The van der Waals surface area contributed by atoms with Gasteiger partial charge in [-0.15, -0.1) is 10.2 Å². The summed E-state index contributed by atoms with van der Waals surface area (Å²) in [6.45, 7) is 0. The Morgan fingerprint density at radius 3 is 1.91 bits per heavy atom. The zero-order valence-corrected chi connectivity index (χ0v) is 17.3. The van der Waals surface area contributed by atoms with Crippen LogP contribution in [0.5, 0.6) is 0 Å². The third kappa shape index (κ3) is 4.40. The standard InChI is InChI=1S/C23H18N6O4/c30-22(32-28-20-12-6-4-10-18(20)24-26-28)15-17(14-16-8-2-1-3-9-16)23(31)33-29-21-13-7-5-11-19(21)25-27-29/h1-13,17H,14-15H2/t17-/m0/s1. The number of hydrogen-bond acceptors (Lipinski definition) is 8. The van der Waals surface area contributed by atoms with E-state index in [-0.39, 0.29) is 12.8 Å². The minimum atomic E-state index is -0.822. The van der Waals surface area contributed by atoms with Crippen molar-refractivity contribution in [2.24, 2.45) is 5.92 Å². The zero-order chi connectivity index (χ0) is 22.6. The van der Waals surface area contributed by atoms with Gasteiger partial charge in [-0.05, 0) is 46.7 Å². The van der Waals surface area contributed by atoms with Crippen LogP contribution >= 0.6 is 0 Å². The van der Waals surface area contributed by atoms with E-state index in [0.29, 0.717) is 22.1 Å². The van der Waals surface area contributed by atoms with Crippen molar-refractivity contribution in [1.82, 2.24) is 30.3 Å². The van der Waals surface area contributed by atoms with Gasteiger partial charge >= 0.3 is 11.9 Å². The molecular formula is C23H18N6O4. The van der Waals surface area contributed by atoms with E-state index in [4.69, 9.17) is 9.68 Å². The summed E-state index contributed by atoms with van der Waals surface area (Å²) >= 11 is 0. The van der Waals surface area contributed by atoms with Crippen molar-refractivity contribution < 1.29 is 19.3 Å². The average molecular weight is 442 g/mol. The molecule has 0 radical (unpaired) electrons. The van der Waals surface area contributed by atoms with Crippen LogP contribution in [0, 0.1) is 5.92 Å². The summed E-state index contributed by atoms with van der Waals surface area (Å²) in [5.74, 6) is -2.10. The Hall–Kier alpha value is -4.60. The molecule has 10 nitrogen and oxygen atoms in total. The molecule has 2 aromatic heterocycles. The maximum atomic E-state index is 13.1. The molecule has 0 amide bonds. The Kier molecular flexibility index (Phi) is 5.46. The van der Waals surface area contributed by atoms with Gasteiger partial charge in [-0.1, -0.05) is 64.3 Å². The normalized spacial score (nSPS) is 12.0. The molecule has 0 saturated heterocycles. The predicted molar refractivity (Wildman–Crippen MR) is 116 cm³/mol. The van der Waals surface area contributed by atoms with E-state index < -0.39 is 17.9 Å². The van der Waals surface area contributed by atoms with Crippen LogP contribution in [0.25, 0.3) is 22.1 Å². The Morgan fingerprint density at radius 1 is 0.727 bits per heavy atom. The molecule has 0 unspecified atom stereocenters. The largest absolute Gasteiger partial charge is 0.339 e. The molecule has 10 heteroatoms. The lowest BCUT2D eigenvalue weighted by Crippen LogP contribution is -2.33. The van der Waals surface area contributed by atoms with Gasteiger partial charge in [0.2, 0.25) is 0 Å². The van der Waals surface area contributed by atoms with Crippen LogP contribution in [0.1, 0.15) is 12.0 Å². The summed E-state index contributed by atoms with van der Waals surface area (Å²) < 4.78 is 0. The maximum absolute atomic E-state index is 13.1. The molecule has 2 heterocycles. The van der Waals surface area contributed by atoms with Crippen LogP contribution in [0.3, 0.4) is 0 Å². The summed E-state index contributed by atoms with van der Waals surface area (Å²) in [6, 6.07) is 23.5. The van der Waals surface area contributed by atoms with Crippen LogP contribution in [0.15, 0.2) is 78.9 Å². The summed E-state index contributed by atoms with van der Waals surface area (Å²) in [4.78, 5) is 38.7. The van der Waals surface area contributed by atoms with E-state index >= 15 is 0 Å². The SMILES string of the molecule is O=C(C[C@H](Cc1ccccc1)C(=O)On1nnc2ccccc21)On1nnc2ccccc21. The van der Waals surface area contributed by atoms with Crippen LogP contribution < -0.4 is 9.68 Å². The topological polar surface area (TPSA) is 114 Å². The number of nitrogens with zero attached hydrogens (tertiary/aromatic N) is 6. The molecule has 0 bridgehead atoms. The Morgan fingerprint density at radius 2 is 1.27 bits per heavy atom. The fraction of sp³-hybridized carbons (Fsp3) is 0.130. The third-order valence-corrected chi connectivity index (χ3v) is 5.08. The Bertz CT molecular complexity index is 1430. The first kappa shape index (κ1) is 20.3. The number of rotatable bonds is 7.